The van der Waals surface area contributed by atoms with Crippen molar-refractivity contribution in [2.75, 3.05) is 0 Å². The molecule has 0 saturated heterocycles. The normalized spacial score (nSPS) is 12.4. The Morgan fingerprint density at radius 2 is 0.658 bits per heavy atom. The Labute approximate surface area is 461 Å². The Hall–Kier alpha value is -10.0. The van der Waals surface area contributed by atoms with E-state index in [0.717, 1.165) is 77.9 Å². The molecule has 0 spiro atoms. The Morgan fingerprint density at radius 3 is 1.27 bits per heavy atom. The van der Waals surface area contributed by atoms with Crippen LogP contribution in [0.1, 0.15) is 44.5 Å². The van der Waals surface area contributed by atoms with Gasteiger partial charge in [0.1, 0.15) is 11.5 Å². The van der Waals surface area contributed by atoms with Gasteiger partial charge in [-0.25, -0.2) is 0 Å². The molecule has 1 aliphatic carbocycles. The van der Waals surface area contributed by atoms with Crippen LogP contribution in [0.2, 0.25) is 0 Å². The van der Waals surface area contributed by atoms with E-state index in [-0.39, 0.29) is 11.5 Å². The molecule has 2 heteroatoms. The predicted molar refractivity (Wildman–Crippen MR) is 328 cm³/mol. The molecule has 0 amide bonds. The molecule has 79 heavy (non-hydrogen) atoms. The molecule has 13 aromatic rings. The summed E-state index contributed by atoms with van der Waals surface area (Å²) in [7, 11) is 0. The van der Waals surface area contributed by atoms with Crippen LogP contribution >= 0.6 is 0 Å². The van der Waals surface area contributed by atoms with Gasteiger partial charge in [0.25, 0.3) is 0 Å². The van der Waals surface area contributed by atoms with E-state index in [9.17, 15) is 10.2 Å². The Morgan fingerprint density at radius 1 is 0.241 bits per heavy atom. The van der Waals surface area contributed by atoms with Crippen LogP contribution < -0.4 is 0 Å². The molecule has 0 heterocycles. The summed E-state index contributed by atoms with van der Waals surface area (Å²) in [6, 6.07) is 105. The molecule has 0 saturated carbocycles. The lowest BCUT2D eigenvalue weighted by Crippen LogP contribution is -2.28. The smallest absolute Gasteiger partial charge is 0.119 e. The molecule has 0 atom stereocenters. The van der Waals surface area contributed by atoms with Gasteiger partial charge in [0.2, 0.25) is 0 Å². The van der Waals surface area contributed by atoms with E-state index in [1.54, 1.807) is 0 Å². The van der Waals surface area contributed by atoms with Gasteiger partial charge in [0.15, 0.2) is 0 Å². The molecule has 0 fully saturated rings. The lowest BCUT2D eigenvalue weighted by atomic mass is 9.66. The van der Waals surface area contributed by atoms with Crippen LogP contribution in [0.25, 0.3) is 88.3 Å². The minimum Gasteiger partial charge on any atom is -0.508 e. The second kappa shape index (κ2) is 19.8. The lowest BCUT2D eigenvalue weighted by Gasteiger charge is -2.35. The third-order valence-electron chi connectivity index (χ3n) is 16.4. The standard InChI is InChI=1S/C77H54O2/c78-75-39-35-60(45-65(75)41-51-15-3-1-4-16-51)57-23-13-25-67(47-57)77(68-26-14-24-58(48-68)61-36-40-76(79)66(46-61)42-52-17-5-2-6-18-52)73-28-12-11-27-70(73)71-38-34-64(50-74(71)77)69-37-33-62(59-31-29-53-19-7-9-21-55(53)43-59)49-72(69)63-32-30-54-20-8-10-22-56(54)44-63/h1-40,43-50,78-79H,41-42H2. The molecule has 0 aliphatic heterocycles. The van der Waals surface area contributed by atoms with Crippen molar-refractivity contribution in [3.63, 3.8) is 0 Å². The summed E-state index contributed by atoms with van der Waals surface area (Å²) in [4.78, 5) is 0. The number of rotatable bonds is 11. The van der Waals surface area contributed by atoms with Crippen LogP contribution in [0.15, 0.2) is 291 Å². The molecule has 2 nitrogen and oxygen atoms in total. The summed E-state index contributed by atoms with van der Waals surface area (Å²) in [6.07, 6.45) is 1.24. The fraction of sp³-hybridized carbons (Fsp3) is 0.0390. The number of phenols is 2. The Balaban J connectivity index is 0.985. The third-order valence-corrected chi connectivity index (χ3v) is 16.4. The first-order chi connectivity index (χ1) is 38.9. The molecular formula is C77H54O2. The van der Waals surface area contributed by atoms with Gasteiger partial charge in [0, 0.05) is 12.8 Å². The topological polar surface area (TPSA) is 40.5 Å². The molecule has 0 aromatic heterocycles. The first-order valence-corrected chi connectivity index (χ1v) is 27.2. The van der Waals surface area contributed by atoms with E-state index in [4.69, 9.17) is 0 Å². The van der Waals surface area contributed by atoms with Gasteiger partial charge in [-0.15, -0.1) is 0 Å². The lowest BCUT2D eigenvalue weighted by molar-refractivity contribution is 0.469. The first kappa shape index (κ1) is 47.4. The summed E-state index contributed by atoms with van der Waals surface area (Å²) in [5.74, 6) is 0.579. The Bertz CT molecular complexity index is 4320. The number of hydrogen-bond donors (Lipinski definition) is 2. The molecule has 2 N–H and O–H groups in total. The number of hydrogen-bond acceptors (Lipinski definition) is 2. The van der Waals surface area contributed by atoms with Crippen LogP contribution in [0.3, 0.4) is 0 Å². The molecule has 374 valence electrons. The maximum absolute atomic E-state index is 11.3. The van der Waals surface area contributed by atoms with Crippen molar-refractivity contribution in [2.24, 2.45) is 0 Å². The second-order valence-corrected chi connectivity index (χ2v) is 21.1. The number of fused-ring (bicyclic) bond motifs is 5. The van der Waals surface area contributed by atoms with Crippen molar-refractivity contribution in [1.82, 2.24) is 0 Å². The summed E-state index contributed by atoms with van der Waals surface area (Å²) in [6.45, 7) is 0. The van der Waals surface area contributed by atoms with Crippen LogP contribution in [0.4, 0.5) is 0 Å². The van der Waals surface area contributed by atoms with Crippen molar-refractivity contribution >= 4 is 21.5 Å². The Kier molecular flexibility index (Phi) is 11.9. The summed E-state index contributed by atoms with van der Waals surface area (Å²) in [5, 5.41) is 27.4. The molecule has 14 rings (SSSR count). The zero-order valence-corrected chi connectivity index (χ0v) is 43.5. The summed E-state index contributed by atoms with van der Waals surface area (Å²) in [5.41, 5.74) is 21.5. The second-order valence-electron chi connectivity index (χ2n) is 21.1. The van der Waals surface area contributed by atoms with Crippen LogP contribution in [-0.4, -0.2) is 10.2 Å². The van der Waals surface area contributed by atoms with Crippen LogP contribution in [-0.2, 0) is 18.3 Å². The monoisotopic (exact) mass is 1010 g/mol. The minimum atomic E-state index is -0.782. The molecular weight excluding hydrogens is 957 g/mol. The van der Waals surface area contributed by atoms with Gasteiger partial charge in [0.05, 0.1) is 5.41 Å². The highest BCUT2D eigenvalue weighted by Crippen LogP contribution is 2.58. The molecule has 13 aromatic carbocycles. The SMILES string of the molecule is Oc1ccc(-c2cccc(C3(c4cccc(-c5ccc(O)c(Cc6ccccc6)c5)c4)c4ccccc4-c4ccc(-c5ccc(-c6ccc7ccccc7c6)cc5-c5ccc6ccccc6c5)cc43)c2)cc1Cc1ccccc1. The van der Waals surface area contributed by atoms with E-state index in [1.165, 1.54) is 54.9 Å². The van der Waals surface area contributed by atoms with E-state index >= 15 is 0 Å². The highest BCUT2D eigenvalue weighted by atomic mass is 16.3. The zero-order valence-electron chi connectivity index (χ0n) is 43.5. The van der Waals surface area contributed by atoms with Crippen LogP contribution in [0, 0.1) is 0 Å². The van der Waals surface area contributed by atoms with Crippen molar-refractivity contribution in [3.8, 4) is 78.3 Å². The molecule has 0 unspecified atom stereocenters. The van der Waals surface area contributed by atoms with Crippen LogP contribution in [0.5, 0.6) is 11.5 Å². The number of benzene rings is 13. The average molecular weight is 1010 g/mol. The minimum absolute atomic E-state index is 0.290. The largest absolute Gasteiger partial charge is 0.508 e. The number of aromatic hydroxyl groups is 2. The van der Waals surface area contributed by atoms with Crippen molar-refractivity contribution < 1.29 is 10.2 Å². The highest BCUT2D eigenvalue weighted by Gasteiger charge is 2.46. The van der Waals surface area contributed by atoms with Gasteiger partial charge in [-0.05, 0) is 193 Å². The maximum Gasteiger partial charge on any atom is 0.119 e. The third kappa shape index (κ3) is 8.65. The van der Waals surface area contributed by atoms with E-state index < -0.39 is 5.41 Å². The van der Waals surface area contributed by atoms with Gasteiger partial charge in [-0.3, -0.25) is 0 Å². The van der Waals surface area contributed by atoms with E-state index in [0.29, 0.717) is 12.8 Å². The summed E-state index contributed by atoms with van der Waals surface area (Å²) >= 11 is 0. The van der Waals surface area contributed by atoms with E-state index in [2.05, 4.69) is 231 Å². The molecule has 0 radical (unpaired) electrons. The summed E-state index contributed by atoms with van der Waals surface area (Å²) < 4.78 is 0. The number of phenolic OH excluding ortho intramolecular Hbond substituents is 2. The predicted octanol–water partition coefficient (Wildman–Crippen LogP) is 19.3. The van der Waals surface area contributed by atoms with Gasteiger partial charge < -0.3 is 10.2 Å². The average Bonchev–Trinajstić information content (AvgIpc) is 4.07. The van der Waals surface area contributed by atoms with Crippen molar-refractivity contribution in [1.29, 1.82) is 0 Å². The fourth-order valence-electron chi connectivity index (χ4n) is 12.5. The maximum atomic E-state index is 11.3. The van der Waals surface area contributed by atoms with E-state index in [1.807, 2.05) is 60.7 Å². The fourth-order valence-corrected chi connectivity index (χ4v) is 12.5. The highest BCUT2D eigenvalue weighted by molar-refractivity contribution is 5.96. The quantitative estimate of drug-likeness (QED) is 0.136. The molecule has 0 bridgehead atoms. The van der Waals surface area contributed by atoms with Gasteiger partial charge >= 0.3 is 0 Å². The molecule has 1 aliphatic rings. The van der Waals surface area contributed by atoms with Crippen molar-refractivity contribution in [3.05, 3.63) is 336 Å². The van der Waals surface area contributed by atoms with Gasteiger partial charge in [-0.1, -0.05) is 231 Å². The zero-order chi connectivity index (χ0) is 52.9. The first-order valence-electron chi connectivity index (χ1n) is 27.2. The van der Waals surface area contributed by atoms with Gasteiger partial charge in [-0.2, -0.15) is 0 Å². The van der Waals surface area contributed by atoms with Crippen molar-refractivity contribution in [2.45, 2.75) is 18.3 Å².